The van der Waals surface area contributed by atoms with E-state index in [1.165, 1.54) is 18.0 Å². The van der Waals surface area contributed by atoms with Crippen molar-refractivity contribution in [1.82, 2.24) is 20.2 Å². The first-order chi connectivity index (χ1) is 13.9. The zero-order chi connectivity index (χ0) is 20.6. The van der Waals surface area contributed by atoms with Gasteiger partial charge in [0.15, 0.2) is 0 Å². The molecular weight excluding hydrogens is 368 g/mol. The van der Waals surface area contributed by atoms with Gasteiger partial charge in [0.1, 0.15) is 0 Å². The fourth-order valence-electron chi connectivity index (χ4n) is 4.67. The van der Waals surface area contributed by atoms with Crippen LogP contribution in [0.25, 0.3) is 0 Å². The topological polar surface area (TPSA) is 104 Å². The summed E-state index contributed by atoms with van der Waals surface area (Å²) in [6.45, 7) is 0.559. The maximum atomic E-state index is 12.7. The number of hydrogen-bond donors (Lipinski definition) is 2. The van der Waals surface area contributed by atoms with E-state index in [2.05, 4.69) is 58.5 Å². The van der Waals surface area contributed by atoms with Crippen LogP contribution in [0.1, 0.15) is 41.9 Å². The smallest absolute Gasteiger partial charge is 0.322 e. The van der Waals surface area contributed by atoms with Crippen LogP contribution in [0, 0.1) is 0 Å². The molecule has 0 radical (unpaired) electrons. The highest BCUT2D eigenvalue weighted by Gasteiger charge is 2.50. The molecule has 0 unspecified atom stereocenters. The average molecular weight is 394 g/mol. The van der Waals surface area contributed by atoms with Crippen LogP contribution in [0.3, 0.4) is 0 Å². The van der Waals surface area contributed by atoms with Crippen LogP contribution in [0.4, 0.5) is 10.5 Å². The van der Waals surface area contributed by atoms with Crippen LogP contribution in [-0.2, 0) is 5.54 Å². The van der Waals surface area contributed by atoms with Gasteiger partial charge in [0, 0.05) is 5.54 Å². The van der Waals surface area contributed by atoms with E-state index in [1.807, 2.05) is 6.07 Å². The molecule has 1 aliphatic heterocycles. The van der Waals surface area contributed by atoms with E-state index in [1.54, 1.807) is 4.90 Å². The molecule has 1 spiro atoms. The maximum Gasteiger partial charge on any atom is 0.322 e. The number of amides is 3. The highest BCUT2D eigenvalue weighted by Crippen LogP contribution is 2.46. The minimum Gasteiger partial charge on any atom is -0.363 e. The van der Waals surface area contributed by atoms with Gasteiger partial charge in [0.25, 0.3) is 5.91 Å². The fraction of sp³-hybridized carbons (Fsp3) is 0.429. The number of benzene rings is 1. The molecule has 4 rings (SSSR count). The number of nitrogens with zero attached hydrogens (tertiary/aromatic N) is 4. The van der Waals surface area contributed by atoms with Crippen LogP contribution in [0.15, 0.2) is 42.7 Å². The molecule has 1 saturated heterocycles. The molecule has 3 N–H and O–H groups in total. The fourth-order valence-corrected chi connectivity index (χ4v) is 4.67. The lowest BCUT2D eigenvalue weighted by atomic mass is 9.69. The van der Waals surface area contributed by atoms with E-state index in [4.69, 9.17) is 5.73 Å². The first-order valence-corrected chi connectivity index (χ1v) is 9.80. The number of urea groups is 1. The normalized spacial score (nSPS) is 26.7. The summed E-state index contributed by atoms with van der Waals surface area (Å²) < 4.78 is 0. The van der Waals surface area contributed by atoms with Crippen molar-refractivity contribution in [2.24, 2.45) is 5.73 Å². The highest BCUT2D eigenvalue weighted by atomic mass is 16.2. The molecule has 2 aliphatic rings. The number of carbonyl (C=O) groups excluding carboxylic acids is 2. The number of nitrogens with one attached hydrogen (secondary N) is 1. The van der Waals surface area contributed by atoms with Gasteiger partial charge >= 0.3 is 6.03 Å². The van der Waals surface area contributed by atoms with Crippen LogP contribution >= 0.6 is 0 Å². The second-order valence-corrected chi connectivity index (χ2v) is 8.22. The van der Waals surface area contributed by atoms with E-state index >= 15 is 0 Å². The summed E-state index contributed by atoms with van der Waals surface area (Å²) in [5, 5.41) is 3.20. The van der Waals surface area contributed by atoms with E-state index in [0.29, 0.717) is 12.2 Å². The Hall–Kier alpha value is -3.00. The third kappa shape index (κ3) is 3.33. The summed E-state index contributed by atoms with van der Waals surface area (Å²) in [6, 6.07) is 10.4. The number of primary amides is 1. The first kappa shape index (κ1) is 19.3. The molecule has 8 nitrogen and oxygen atoms in total. The molecule has 8 heteroatoms. The zero-order valence-corrected chi connectivity index (χ0v) is 16.8. The standard InChI is InChI=1S/C21H26N6O2/c1-26(2)21(15-6-4-3-5-7-15)10-8-20(9-11-21)14-27(19(29)25-20)16-12-23-18(17(22)28)24-13-16/h3-7,12-13H,8-11,14H2,1-2H3,(H2,22,28)(H,25,29)/t20-,21+. The number of aromatic nitrogens is 2. The Morgan fingerprint density at radius 2 is 1.72 bits per heavy atom. The quantitative estimate of drug-likeness (QED) is 0.824. The lowest BCUT2D eigenvalue weighted by Gasteiger charge is -2.48. The highest BCUT2D eigenvalue weighted by molar-refractivity contribution is 5.95. The van der Waals surface area contributed by atoms with E-state index < -0.39 is 5.91 Å². The molecule has 2 aromatic rings. The van der Waals surface area contributed by atoms with Gasteiger partial charge in [-0.3, -0.25) is 14.6 Å². The van der Waals surface area contributed by atoms with Crippen molar-refractivity contribution >= 4 is 17.6 Å². The van der Waals surface area contributed by atoms with Gasteiger partial charge in [0.05, 0.1) is 30.2 Å². The molecule has 3 amide bonds. The molecule has 29 heavy (non-hydrogen) atoms. The van der Waals surface area contributed by atoms with E-state index in [-0.39, 0.29) is 22.9 Å². The van der Waals surface area contributed by atoms with Gasteiger partial charge in [-0.15, -0.1) is 0 Å². The summed E-state index contributed by atoms with van der Waals surface area (Å²) in [6.07, 6.45) is 6.61. The number of hydrogen-bond acceptors (Lipinski definition) is 5. The van der Waals surface area contributed by atoms with E-state index in [9.17, 15) is 9.59 Å². The van der Waals surface area contributed by atoms with Gasteiger partial charge in [-0.2, -0.15) is 0 Å². The number of carbonyl (C=O) groups is 2. The minimum absolute atomic E-state index is 0.0308. The molecule has 0 atom stereocenters. The third-order valence-electron chi connectivity index (χ3n) is 6.45. The Morgan fingerprint density at radius 1 is 1.10 bits per heavy atom. The zero-order valence-electron chi connectivity index (χ0n) is 16.8. The number of rotatable bonds is 4. The molecule has 1 aromatic heterocycles. The van der Waals surface area contributed by atoms with Gasteiger partial charge < -0.3 is 11.1 Å². The molecule has 1 aromatic carbocycles. The Kier molecular flexibility index (Phi) is 4.74. The van der Waals surface area contributed by atoms with Crippen LogP contribution < -0.4 is 16.0 Å². The molecule has 0 bridgehead atoms. The van der Waals surface area contributed by atoms with Crippen molar-refractivity contribution in [2.45, 2.75) is 36.8 Å². The van der Waals surface area contributed by atoms with Crippen molar-refractivity contribution in [1.29, 1.82) is 0 Å². The molecule has 2 fully saturated rings. The first-order valence-electron chi connectivity index (χ1n) is 9.80. The molecule has 1 aliphatic carbocycles. The number of nitrogens with two attached hydrogens (primary N) is 1. The summed E-state index contributed by atoms with van der Waals surface area (Å²) in [5.41, 5.74) is 6.78. The van der Waals surface area contributed by atoms with Crippen LogP contribution in [0.5, 0.6) is 0 Å². The lowest BCUT2D eigenvalue weighted by molar-refractivity contribution is 0.0658. The Labute approximate surface area is 170 Å². The van der Waals surface area contributed by atoms with Crippen molar-refractivity contribution in [2.75, 3.05) is 25.5 Å². The van der Waals surface area contributed by atoms with Gasteiger partial charge in [0.2, 0.25) is 5.82 Å². The van der Waals surface area contributed by atoms with Crippen molar-refractivity contribution in [3.63, 3.8) is 0 Å². The molecule has 1 saturated carbocycles. The predicted molar refractivity (Wildman–Crippen MR) is 109 cm³/mol. The lowest BCUT2D eigenvalue weighted by Crippen LogP contribution is -2.54. The van der Waals surface area contributed by atoms with Gasteiger partial charge in [-0.1, -0.05) is 30.3 Å². The maximum absolute atomic E-state index is 12.7. The largest absolute Gasteiger partial charge is 0.363 e. The summed E-state index contributed by atoms with van der Waals surface area (Å²) in [5.74, 6) is -0.744. The Bertz CT molecular complexity index is 905. The SMILES string of the molecule is CN(C)[C@]1(c2ccccc2)CC[C@]2(CC1)CN(c1cnc(C(N)=O)nc1)C(=O)N2. The molecule has 2 heterocycles. The Morgan fingerprint density at radius 3 is 2.28 bits per heavy atom. The van der Waals surface area contributed by atoms with Gasteiger partial charge in [-0.05, 0) is 45.3 Å². The monoisotopic (exact) mass is 394 g/mol. The summed E-state index contributed by atoms with van der Waals surface area (Å²) in [4.78, 5) is 35.7. The van der Waals surface area contributed by atoms with Crippen LogP contribution in [-0.4, -0.2) is 53.0 Å². The molecule has 152 valence electrons. The second-order valence-electron chi connectivity index (χ2n) is 8.22. The van der Waals surface area contributed by atoms with Gasteiger partial charge in [-0.25, -0.2) is 14.8 Å². The third-order valence-corrected chi connectivity index (χ3v) is 6.45. The second kappa shape index (κ2) is 7.11. The number of anilines is 1. The minimum atomic E-state index is -0.688. The van der Waals surface area contributed by atoms with Crippen molar-refractivity contribution in [3.05, 3.63) is 54.1 Å². The Balaban J connectivity index is 1.53. The van der Waals surface area contributed by atoms with Crippen LogP contribution in [0.2, 0.25) is 0 Å². The van der Waals surface area contributed by atoms with Crippen molar-refractivity contribution < 1.29 is 9.59 Å². The van der Waals surface area contributed by atoms with Crippen molar-refractivity contribution in [3.8, 4) is 0 Å². The summed E-state index contributed by atoms with van der Waals surface area (Å²) >= 11 is 0. The summed E-state index contributed by atoms with van der Waals surface area (Å²) in [7, 11) is 4.25. The average Bonchev–Trinajstić information content (AvgIpc) is 3.05. The molecular formula is C21H26N6O2. The van der Waals surface area contributed by atoms with E-state index in [0.717, 1.165) is 25.7 Å². The predicted octanol–water partition coefficient (Wildman–Crippen LogP) is 1.87.